The van der Waals surface area contributed by atoms with Crippen LogP contribution in [0.1, 0.15) is 26.3 Å². The third kappa shape index (κ3) is 5.03. The second kappa shape index (κ2) is 10.1. The lowest BCUT2D eigenvalue weighted by Crippen LogP contribution is -2.18. The number of benzene rings is 5. The monoisotopic (exact) mass is 488 g/mol. The molecule has 0 radical (unpaired) electrons. The van der Waals surface area contributed by atoms with Crippen molar-refractivity contribution < 1.29 is 14.5 Å². The second-order valence-corrected chi connectivity index (χ2v) is 8.27. The second-order valence-electron chi connectivity index (χ2n) is 8.27. The molecule has 5 aromatic carbocycles. The van der Waals surface area contributed by atoms with E-state index in [1.165, 1.54) is 24.3 Å². The van der Waals surface area contributed by atoms with Gasteiger partial charge in [0.2, 0.25) is 0 Å². The molecule has 0 heterocycles. The van der Waals surface area contributed by atoms with Crippen LogP contribution >= 0.6 is 0 Å². The first-order chi connectivity index (χ1) is 18.0. The predicted molar refractivity (Wildman–Crippen MR) is 144 cm³/mol. The topological polar surface area (TPSA) is 114 Å². The van der Waals surface area contributed by atoms with Crippen molar-refractivity contribution >= 4 is 50.9 Å². The van der Waals surface area contributed by atoms with Crippen LogP contribution < -0.4 is 10.7 Å². The van der Waals surface area contributed by atoms with Crippen molar-refractivity contribution in [3.63, 3.8) is 0 Å². The number of hydrogen-bond acceptors (Lipinski definition) is 5. The number of nitro groups is 1. The molecule has 5 rings (SSSR count). The van der Waals surface area contributed by atoms with Crippen molar-refractivity contribution in [2.45, 2.75) is 0 Å². The fraction of sp³-hybridized carbons (Fsp3) is 0. The lowest BCUT2D eigenvalue weighted by Gasteiger charge is -2.08. The summed E-state index contributed by atoms with van der Waals surface area (Å²) in [5.74, 6) is -0.812. The highest BCUT2D eigenvalue weighted by Crippen LogP contribution is 2.27. The number of nitro benzene ring substituents is 1. The molecule has 0 aliphatic carbocycles. The quantitative estimate of drug-likeness (QED) is 0.134. The van der Waals surface area contributed by atoms with Gasteiger partial charge >= 0.3 is 0 Å². The summed E-state index contributed by atoms with van der Waals surface area (Å²) in [6.07, 6.45) is 1.65. The number of fused-ring (bicyclic) bond motifs is 2. The van der Waals surface area contributed by atoms with Crippen LogP contribution in [0.4, 0.5) is 11.4 Å². The summed E-state index contributed by atoms with van der Waals surface area (Å²) in [5, 5.41) is 21.9. The Morgan fingerprint density at radius 3 is 1.86 bits per heavy atom. The van der Waals surface area contributed by atoms with E-state index < -0.39 is 16.7 Å². The van der Waals surface area contributed by atoms with E-state index in [4.69, 9.17) is 0 Å². The number of carbonyl (C=O) groups excluding carboxylic acids is 2. The Morgan fingerprint density at radius 1 is 0.730 bits per heavy atom. The Hall–Kier alpha value is -5.37. The summed E-state index contributed by atoms with van der Waals surface area (Å²) < 4.78 is 0. The molecule has 0 aromatic heterocycles. The van der Waals surface area contributed by atoms with Gasteiger partial charge in [0.15, 0.2) is 0 Å². The van der Waals surface area contributed by atoms with Crippen LogP contribution in [0.25, 0.3) is 21.5 Å². The minimum Gasteiger partial charge on any atom is -0.322 e. The van der Waals surface area contributed by atoms with Gasteiger partial charge in [-0.15, -0.1) is 0 Å². The molecule has 0 aliphatic heterocycles. The summed E-state index contributed by atoms with van der Waals surface area (Å²) in [7, 11) is 0. The summed E-state index contributed by atoms with van der Waals surface area (Å²) in [6.45, 7) is 0. The number of carbonyl (C=O) groups is 2. The minimum atomic E-state index is -0.528. The van der Waals surface area contributed by atoms with E-state index in [9.17, 15) is 19.7 Å². The molecule has 180 valence electrons. The number of nitrogens with zero attached hydrogens (tertiary/aromatic N) is 2. The van der Waals surface area contributed by atoms with Crippen LogP contribution in [0.5, 0.6) is 0 Å². The van der Waals surface area contributed by atoms with Crippen LogP contribution in [0.2, 0.25) is 0 Å². The SMILES string of the molecule is O=C(N/N=C\c1c2ccccc2cc2ccccc12)c1ccc(NC(=O)c2ccc([N+](=O)[O-])cc2)cc1. The molecule has 5 aromatic rings. The van der Waals surface area contributed by atoms with Crippen LogP contribution in [-0.2, 0) is 0 Å². The Balaban J connectivity index is 1.27. The maximum Gasteiger partial charge on any atom is 0.271 e. The average Bonchev–Trinajstić information content (AvgIpc) is 2.93. The Bertz CT molecular complexity index is 1620. The third-order valence-electron chi connectivity index (χ3n) is 5.92. The van der Waals surface area contributed by atoms with E-state index in [1.54, 1.807) is 30.5 Å². The lowest BCUT2D eigenvalue weighted by molar-refractivity contribution is -0.384. The molecule has 0 spiro atoms. The molecule has 37 heavy (non-hydrogen) atoms. The molecule has 8 nitrogen and oxygen atoms in total. The number of hydrazone groups is 1. The van der Waals surface area contributed by atoms with Crippen LogP contribution in [0, 0.1) is 10.1 Å². The fourth-order valence-electron chi connectivity index (χ4n) is 4.05. The van der Waals surface area contributed by atoms with E-state index >= 15 is 0 Å². The molecule has 8 heteroatoms. The summed E-state index contributed by atoms with van der Waals surface area (Å²) in [5.41, 5.74) is 4.51. The smallest absolute Gasteiger partial charge is 0.271 e. The van der Waals surface area contributed by atoms with Crippen molar-refractivity contribution in [3.8, 4) is 0 Å². The zero-order valence-corrected chi connectivity index (χ0v) is 19.4. The normalized spacial score (nSPS) is 11.0. The molecule has 0 aliphatic rings. The van der Waals surface area contributed by atoms with Gasteiger partial charge in [-0.3, -0.25) is 19.7 Å². The van der Waals surface area contributed by atoms with Gasteiger partial charge in [0.05, 0.1) is 11.1 Å². The van der Waals surface area contributed by atoms with Crippen molar-refractivity contribution in [3.05, 3.63) is 130 Å². The number of rotatable bonds is 6. The third-order valence-corrected chi connectivity index (χ3v) is 5.92. The zero-order valence-electron chi connectivity index (χ0n) is 19.4. The number of nitrogens with one attached hydrogen (secondary N) is 2. The molecule has 0 saturated heterocycles. The van der Waals surface area contributed by atoms with Crippen molar-refractivity contribution in [1.82, 2.24) is 5.43 Å². The first-order valence-electron chi connectivity index (χ1n) is 11.4. The Kier molecular flexibility index (Phi) is 6.37. The molecule has 0 fully saturated rings. The standard InChI is InChI=1S/C29H20N4O4/c34-28(19-11-15-24(16-12-19)33(36)37)31-23-13-9-20(10-14-23)29(35)32-30-18-27-25-7-3-1-5-21(25)17-22-6-2-4-8-26(22)27/h1-18H,(H,31,34)(H,32,35)/b30-18-. The molecule has 0 atom stereocenters. The van der Waals surface area contributed by atoms with E-state index in [-0.39, 0.29) is 11.3 Å². The zero-order chi connectivity index (χ0) is 25.8. The highest BCUT2D eigenvalue weighted by molar-refractivity contribution is 6.13. The molecule has 2 amide bonds. The number of amides is 2. The number of non-ortho nitro benzene ring substituents is 1. The van der Waals surface area contributed by atoms with Gasteiger partial charge in [-0.1, -0.05) is 48.5 Å². The van der Waals surface area contributed by atoms with Gasteiger partial charge in [-0.2, -0.15) is 5.10 Å². The highest BCUT2D eigenvalue weighted by Gasteiger charge is 2.11. The summed E-state index contributed by atoms with van der Waals surface area (Å²) >= 11 is 0. The molecule has 0 saturated carbocycles. The fourth-order valence-corrected chi connectivity index (χ4v) is 4.05. The van der Waals surface area contributed by atoms with Crippen molar-refractivity contribution in [1.29, 1.82) is 0 Å². The van der Waals surface area contributed by atoms with Gasteiger partial charge in [0, 0.05) is 34.5 Å². The Labute approximate surface area is 211 Å². The summed E-state index contributed by atoms with van der Waals surface area (Å²) in [4.78, 5) is 35.3. The van der Waals surface area contributed by atoms with Crippen LogP contribution in [0.15, 0.2) is 108 Å². The van der Waals surface area contributed by atoms with Crippen LogP contribution in [-0.4, -0.2) is 23.0 Å². The maximum atomic E-state index is 12.6. The molecule has 0 bridgehead atoms. The lowest BCUT2D eigenvalue weighted by atomic mass is 9.97. The van der Waals surface area contributed by atoms with Gasteiger partial charge in [0.25, 0.3) is 17.5 Å². The van der Waals surface area contributed by atoms with Crippen molar-refractivity contribution in [2.75, 3.05) is 5.32 Å². The van der Waals surface area contributed by atoms with Gasteiger partial charge in [-0.25, -0.2) is 5.43 Å². The van der Waals surface area contributed by atoms with E-state index in [0.717, 1.165) is 27.1 Å². The van der Waals surface area contributed by atoms with Gasteiger partial charge < -0.3 is 5.32 Å². The maximum absolute atomic E-state index is 12.6. The molecular formula is C29H20N4O4. The first-order valence-corrected chi connectivity index (χ1v) is 11.4. The van der Waals surface area contributed by atoms with Gasteiger partial charge in [-0.05, 0) is 64.0 Å². The largest absolute Gasteiger partial charge is 0.322 e. The highest BCUT2D eigenvalue weighted by atomic mass is 16.6. The van der Waals surface area contributed by atoms with Crippen LogP contribution in [0.3, 0.4) is 0 Å². The number of hydrogen-bond donors (Lipinski definition) is 2. The molecule has 0 unspecified atom stereocenters. The minimum absolute atomic E-state index is 0.0942. The van der Waals surface area contributed by atoms with E-state index in [1.807, 2.05) is 48.5 Å². The first kappa shape index (κ1) is 23.4. The van der Waals surface area contributed by atoms with E-state index in [2.05, 4.69) is 21.9 Å². The van der Waals surface area contributed by atoms with E-state index in [0.29, 0.717) is 11.3 Å². The molecule has 2 N–H and O–H groups in total. The number of anilines is 1. The molecular weight excluding hydrogens is 468 g/mol. The van der Waals surface area contributed by atoms with Gasteiger partial charge in [0.1, 0.15) is 0 Å². The summed E-state index contributed by atoms with van der Waals surface area (Å²) in [6, 6.07) is 29.8. The predicted octanol–water partition coefficient (Wildman–Crippen LogP) is 5.92. The average molecular weight is 489 g/mol. The Morgan fingerprint density at radius 2 is 1.27 bits per heavy atom. The van der Waals surface area contributed by atoms with Crippen molar-refractivity contribution in [2.24, 2.45) is 5.10 Å².